The Morgan fingerprint density at radius 3 is 2.60 bits per heavy atom. The number of hydrogen-bond acceptors (Lipinski definition) is 2. The first-order valence-corrected chi connectivity index (χ1v) is 8.37. The Bertz CT molecular complexity index is 368. The number of hydrogen-bond donors (Lipinski definition) is 1. The maximum atomic E-state index is 5.87. The fraction of sp³-hybridized carbons (Fsp3) is 0.706. The number of halogens is 1. The summed E-state index contributed by atoms with van der Waals surface area (Å²) >= 11 is 5.87. The zero-order valence-electron chi connectivity index (χ0n) is 13.1. The van der Waals surface area contributed by atoms with E-state index in [0.717, 1.165) is 18.0 Å². The van der Waals surface area contributed by atoms with Crippen molar-refractivity contribution in [2.24, 2.45) is 5.92 Å². The van der Waals surface area contributed by atoms with Crippen LogP contribution in [0.15, 0.2) is 12.3 Å². The summed E-state index contributed by atoms with van der Waals surface area (Å²) in [6, 6.07) is 5.49. The molecule has 0 saturated carbocycles. The topological polar surface area (TPSA) is 24.9 Å². The molecular weight excluding hydrogens is 268 g/mol. The Hall–Kier alpha value is -0.760. The number of anilines is 1. The smallest absolute Gasteiger partial charge is 0.139 e. The highest BCUT2D eigenvalue weighted by molar-refractivity contribution is 6.29. The molecule has 0 aliphatic heterocycles. The number of nitrogens with zero attached hydrogens (tertiary/aromatic N) is 1. The summed E-state index contributed by atoms with van der Waals surface area (Å²) in [5, 5.41) is 3.95. The Morgan fingerprint density at radius 1 is 1.20 bits per heavy atom. The van der Waals surface area contributed by atoms with Crippen LogP contribution >= 0.6 is 11.6 Å². The van der Waals surface area contributed by atoms with E-state index in [0.29, 0.717) is 11.2 Å². The third-order valence-corrected chi connectivity index (χ3v) is 4.18. The van der Waals surface area contributed by atoms with E-state index < -0.39 is 0 Å². The summed E-state index contributed by atoms with van der Waals surface area (Å²) < 4.78 is 0. The second kappa shape index (κ2) is 10.0. The predicted octanol–water partition coefficient (Wildman–Crippen LogP) is 5.72. The molecule has 0 saturated heterocycles. The molecule has 2 nitrogen and oxygen atoms in total. The van der Waals surface area contributed by atoms with Crippen LogP contribution in [0.2, 0.25) is 5.15 Å². The van der Waals surface area contributed by atoms with Crippen molar-refractivity contribution in [2.45, 2.75) is 71.8 Å². The van der Waals surface area contributed by atoms with Crippen LogP contribution in [-0.4, -0.2) is 11.0 Å². The van der Waals surface area contributed by atoms with Gasteiger partial charge in [-0.2, -0.15) is 0 Å². The number of aromatic nitrogens is 1. The summed E-state index contributed by atoms with van der Waals surface area (Å²) in [4.78, 5) is 3.96. The van der Waals surface area contributed by atoms with E-state index in [1.807, 2.05) is 6.07 Å². The fourth-order valence-electron chi connectivity index (χ4n) is 2.53. The van der Waals surface area contributed by atoms with Crippen LogP contribution in [-0.2, 0) is 0 Å². The molecule has 0 aliphatic carbocycles. The van der Waals surface area contributed by atoms with Crippen molar-refractivity contribution >= 4 is 17.3 Å². The molecule has 0 aliphatic rings. The molecule has 2 atom stereocenters. The average molecular weight is 296 g/mol. The second-order valence-electron chi connectivity index (χ2n) is 5.52. The number of nitrogens with one attached hydrogen (secondary N) is 1. The summed E-state index contributed by atoms with van der Waals surface area (Å²) in [5.41, 5.74) is 0.957. The molecule has 0 aromatic carbocycles. The van der Waals surface area contributed by atoms with Crippen molar-refractivity contribution < 1.29 is 0 Å². The first-order chi connectivity index (χ1) is 9.69. The van der Waals surface area contributed by atoms with Crippen molar-refractivity contribution in [3.63, 3.8) is 0 Å². The molecule has 1 N–H and O–H groups in total. The molecule has 3 heteroatoms. The van der Waals surface area contributed by atoms with Gasteiger partial charge in [-0.05, 0) is 31.2 Å². The highest BCUT2D eigenvalue weighted by Gasteiger charge is 2.11. The van der Waals surface area contributed by atoms with E-state index in [9.17, 15) is 0 Å². The maximum absolute atomic E-state index is 5.87. The van der Waals surface area contributed by atoms with E-state index in [2.05, 4.69) is 37.1 Å². The molecule has 0 spiro atoms. The standard InChI is InChI=1S/C17H28ClN2/c1-4-7-8-14(5-2)9-10-15(6-3)20-16-11-12-19-17(18)13-16/h11-12,14-15H,4-10H2,1-3H3,(H,19,20). The van der Waals surface area contributed by atoms with Crippen molar-refractivity contribution in [2.75, 3.05) is 5.32 Å². The molecule has 2 unspecified atom stereocenters. The lowest BCUT2D eigenvalue weighted by molar-refractivity contribution is 0.394. The predicted molar refractivity (Wildman–Crippen MR) is 88.3 cm³/mol. The summed E-state index contributed by atoms with van der Waals surface area (Å²) in [7, 11) is 0. The maximum Gasteiger partial charge on any atom is 0.139 e. The largest absolute Gasteiger partial charge is 0.382 e. The third-order valence-electron chi connectivity index (χ3n) is 3.99. The van der Waals surface area contributed by atoms with E-state index >= 15 is 0 Å². The average Bonchev–Trinajstić information content (AvgIpc) is 2.46. The second-order valence-corrected chi connectivity index (χ2v) is 5.88. The normalized spacial score (nSPS) is 14.0. The van der Waals surface area contributed by atoms with Crippen LogP contribution in [0, 0.1) is 12.0 Å². The zero-order chi connectivity index (χ0) is 14.8. The molecule has 1 aromatic rings. The van der Waals surface area contributed by atoms with Gasteiger partial charge in [0.15, 0.2) is 0 Å². The van der Waals surface area contributed by atoms with E-state index in [-0.39, 0.29) is 0 Å². The van der Waals surface area contributed by atoms with Crippen LogP contribution in [0.25, 0.3) is 0 Å². The van der Waals surface area contributed by atoms with Gasteiger partial charge in [-0.1, -0.05) is 58.1 Å². The highest BCUT2D eigenvalue weighted by Crippen LogP contribution is 2.22. The molecule has 1 aromatic heterocycles. The van der Waals surface area contributed by atoms with Gasteiger partial charge >= 0.3 is 0 Å². The summed E-state index contributed by atoms with van der Waals surface area (Å²) in [5.74, 6) is 0.871. The van der Waals surface area contributed by atoms with Gasteiger partial charge in [-0.25, -0.2) is 4.98 Å². The molecule has 0 amide bonds. The Labute approximate surface area is 129 Å². The Kier molecular flexibility index (Phi) is 8.68. The van der Waals surface area contributed by atoms with Gasteiger partial charge in [-0.15, -0.1) is 0 Å². The minimum atomic E-state index is 0.430. The lowest BCUT2D eigenvalue weighted by atomic mass is 9.92. The van der Waals surface area contributed by atoms with Crippen molar-refractivity contribution in [3.8, 4) is 0 Å². The molecule has 0 fully saturated rings. The number of pyridine rings is 1. The molecule has 1 heterocycles. The van der Waals surface area contributed by atoms with Gasteiger partial charge in [-0.3, -0.25) is 0 Å². The fourth-order valence-corrected chi connectivity index (χ4v) is 2.69. The number of unbranched alkanes of at least 4 members (excludes halogenated alkanes) is 1. The highest BCUT2D eigenvalue weighted by atomic mass is 35.5. The van der Waals surface area contributed by atoms with Crippen molar-refractivity contribution in [3.05, 3.63) is 23.5 Å². The van der Waals surface area contributed by atoms with E-state index in [1.165, 1.54) is 38.5 Å². The summed E-state index contributed by atoms with van der Waals surface area (Å²) in [6.07, 6.45) is 10.7. The molecule has 113 valence electrons. The van der Waals surface area contributed by atoms with E-state index in [4.69, 9.17) is 11.6 Å². The molecular formula is C17H28ClN2. The van der Waals surface area contributed by atoms with E-state index in [1.54, 1.807) is 6.20 Å². The monoisotopic (exact) mass is 295 g/mol. The van der Waals surface area contributed by atoms with Crippen LogP contribution < -0.4 is 5.32 Å². The lowest BCUT2D eigenvalue weighted by Gasteiger charge is -2.21. The molecule has 0 bridgehead atoms. The van der Waals surface area contributed by atoms with Gasteiger partial charge in [0.25, 0.3) is 0 Å². The molecule has 1 rings (SSSR count). The summed E-state index contributed by atoms with van der Waals surface area (Å²) in [6.45, 7) is 6.81. The van der Waals surface area contributed by atoms with Gasteiger partial charge in [0.05, 0.1) is 0 Å². The minimum absolute atomic E-state index is 0.430. The quantitative estimate of drug-likeness (QED) is 0.558. The number of rotatable bonds is 10. The van der Waals surface area contributed by atoms with Gasteiger partial charge < -0.3 is 5.32 Å². The van der Waals surface area contributed by atoms with Crippen LogP contribution in [0.3, 0.4) is 0 Å². The van der Waals surface area contributed by atoms with Crippen LogP contribution in [0.4, 0.5) is 5.69 Å². The van der Waals surface area contributed by atoms with Crippen molar-refractivity contribution in [1.82, 2.24) is 4.98 Å². The first kappa shape index (κ1) is 17.3. The van der Waals surface area contributed by atoms with Gasteiger partial charge in [0, 0.05) is 24.0 Å². The van der Waals surface area contributed by atoms with Gasteiger partial charge in [0.2, 0.25) is 0 Å². The van der Waals surface area contributed by atoms with Crippen LogP contribution in [0.5, 0.6) is 0 Å². The minimum Gasteiger partial charge on any atom is -0.382 e. The Morgan fingerprint density at radius 2 is 2.00 bits per heavy atom. The Balaban J connectivity index is 2.42. The zero-order valence-corrected chi connectivity index (χ0v) is 13.8. The first-order valence-electron chi connectivity index (χ1n) is 7.99. The molecule has 20 heavy (non-hydrogen) atoms. The molecule has 1 radical (unpaired) electrons. The lowest BCUT2D eigenvalue weighted by Crippen LogP contribution is -2.19. The van der Waals surface area contributed by atoms with Crippen molar-refractivity contribution in [1.29, 1.82) is 0 Å². The van der Waals surface area contributed by atoms with Gasteiger partial charge in [0.1, 0.15) is 5.15 Å². The third kappa shape index (κ3) is 6.60. The SMILES string of the molecule is CCCCC(CC)CCC(CC)Nc1[c]c(Cl)ncc1. The van der Waals surface area contributed by atoms with Crippen LogP contribution in [0.1, 0.15) is 65.7 Å².